The Morgan fingerprint density at radius 3 is 2.87 bits per heavy atom. The van der Waals surface area contributed by atoms with E-state index in [1.54, 1.807) is 24.5 Å². The Kier molecular flexibility index (Phi) is 2.21. The molecule has 2 aromatic rings. The predicted molar refractivity (Wildman–Crippen MR) is 55.3 cm³/mol. The van der Waals surface area contributed by atoms with Crippen molar-refractivity contribution >= 4 is 5.69 Å². The highest BCUT2D eigenvalue weighted by Gasteiger charge is 2.09. The fraction of sp³-hybridized carbons (Fsp3) is 0.100. The largest absolute Gasteiger partial charge is 0.334 e. The van der Waals surface area contributed by atoms with E-state index in [2.05, 4.69) is 4.98 Å². The third kappa shape index (κ3) is 1.71. The van der Waals surface area contributed by atoms with Gasteiger partial charge in [0.1, 0.15) is 5.82 Å². The van der Waals surface area contributed by atoms with Crippen molar-refractivity contribution in [3.63, 3.8) is 0 Å². The average molecular weight is 203 g/mol. The fourth-order valence-corrected chi connectivity index (χ4v) is 1.40. The molecule has 0 unspecified atom stereocenters. The number of nitro benzene ring substituents is 1. The Hall–Kier alpha value is -2.17. The van der Waals surface area contributed by atoms with Gasteiger partial charge in [-0.15, -0.1) is 0 Å². The van der Waals surface area contributed by atoms with Gasteiger partial charge in [-0.2, -0.15) is 0 Å². The summed E-state index contributed by atoms with van der Waals surface area (Å²) in [5.74, 6) is 0.721. The van der Waals surface area contributed by atoms with Crippen molar-refractivity contribution in [2.24, 2.45) is 7.05 Å². The van der Waals surface area contributed by atoms with Gasteiger partial charge in [-0.25, -0.2) is 4.98 Å². The van der Waals surface area contributed by atoms with E-state index in [9.17, 15) is 10.1 Å². The molecule has 15 heavy (non-hydrogen) atoms. The number of aromatic nitrogens is 2. The summed E-state index contributed by atoms with van der Waals surface area (Å²) in [6.45, 7) is 0. The summed E-state index contributed by atoms with van der Waals surface area (Å²) < 4.78 is 1.82. The zero-order valence-corrected chi connectivity index (χ0v) is 8.12. The van der Waals surface area contributed by atoms with Crippen molar-refractivity contribution in [2.45, 2.75) is 0 Å². The van der Waals surface area contributed by atoms with Gasteiger partial charge in [-0.3, -0.25) is 10.1 Å². The van der Waals surface area contributed by atoms with E-state index in [0.29, 0.717) is 0 Å². The molecule has 5 heteroatoms. The topological polar surface area (TPSA) is 61.0 Å². The van der Waals surface area contributed by atoms with Crippen LogP contribution < -0.4 is 0 Å². The van der Waals surface area contributed by atoms with Crippen molar-refractivity contribution < 1.29 is 4.92 Å². The Morgan fingerprint density at radius 1 is 1.47 bits per heavy atom. The molecule has 0 atom stereocenters. The molecule has 1 aromatic heterocycles. The van der Waals surface area contributed by atoms with E-state index in [1.807, 2.05) is 11.6 Å². The summed E-state index contributed by atoms with van der Waals surface area (Å²) in [6.07, 6.45) is 3.46. The summed E-state index contributed by atoms with van der Waals surface area (Å²) in [5.41, 5.74) is 0.826. The molecule has 5 nitrogen and oxygen atoms in total. The maximum atomic E-state index is 10.6. The number of nitro groups is 1. The number of aryl methyl sites for hydroxylation is 1. The molecular formula is C10H9N3O2. The van der Waals surface area contributed by atoms with Crippen LogP contribution in [0.1, 0.15) is 0 Å². The molecule has 0 saturated carbocycles. The van der Waals surface area contributed by atoms with E-state index in [1.165, 1.54) is 12.1 Å². The van der Waals surface area contributed by atoms with Crippen LogP contribution in [0.3, 0.4) is 0 Å². The molecule has 1 aromatic carbocycles. The molecule has 1 heterocycles. The van der Waals surface area contributed by atoms with Crippen LogP contribution in [0.15, 0.2) is 36.7 Å². The predicted octanol–water partition coefficient (Wildman–Crippen LogP) is 2.00. The number of rotatable bonds is 2. The number of hydrogen-bond donors (Lipinski definition) is 0. The van der Waals surface area contributed by atoms with Gasteiger partial charge < -0.3 is 4.57 Å². The first kappa shape index (κ1) is 9.39. The third-order valence-electron chi connectivity index (χ3n) is 2.14. The van der Waals surface area contributed by atoms with Crippen molar-refractivity contribution in [1.82, 2.24) is 9.55 Å². The average Bonchev–Trinajstić information content (AvgIpc) is 2.64. The van der Waals surface area contributed by atoms with E-state index < -0.39 is 4.92 Å². The van der Waals surface area contributed by atoms with Crippen molar-refractivity contribution in [1.29, 1.82) is 0 Å². The Morgan fingerprint density at radius 2 is 2.27 bits per heavy atom. The highest BCUT2D eigenvalue weighted by Crippen LogP contribution is 2.21. The summed E-state index contributed by atoms with van der Waals surface area (Å²) >= 11 is 0. The molecule has 0 bridgehead atoms. The summed E-state index contributed by atoms with van der Waals surface area (Å²) in [5, 5.41) is 10.6. The van der Waals surface area contributed by atoms with Crippen LogP contribution in [0.4, 0.5) is 5.69 Å². The summed E-state index contributed by atoms with van der Waals surface area (Å²) in [7, 11) is 1.85. The zero-order chi connectivity index (χ0) is 10.8. The third-order valence-corrected chi connectivity index (χ3v) is 2.14. The number of nitrogens with zero attached hydrogens (tertiary/aromatic N) is 3. The van der Waals surface area contributed by atoms with Crippen molar-refractivity contribution in [2.75, 3.05) is 0 Å². The lowest BCUT2D eigenvalue weighted by Gasteiger charge is -2.00. The van der Waals surface area contributed by atoms with Crippen LogP contribution in [0.2, 0.25) is 0 Å². The van der Waals surface area contributed by atoms with Gasteiger partial charge in [0, 0.05) is 37.1 Å². The Bertz CT molecular complexity index is 505. The fourth-order valence-electron chi connectivity index (χ4n) is 1.40. The van der Waals surface area contributed by atoms with Gasteiger partial charge in [0.2, 0.25) is 0 Å². The standard InChI is InChI=1S/C10H9N3O2/c1-12-6-5-11-10(12)8-3-2-4-9(7-8)13(14)15/h2-7H,1H3. The quantitative estimate of drug-likeness (QED) is 0.554. The minimum atomic E-state index is -0.410. The first-order chi connectivity index (χ1) is 7.18. The zero-order valence-electron chi connectivity index (χ0n) is 8.12. The Balaban J connectivity index is 2.50. The van der Waals surface area contributed by atoms with E-state index in [-0.39, 0.29) is 5.69 Å². The molecule has 0 aliphatic carbocycles. The van der Waals surface area contributed by atoms with Crippen LogP contribution in [-0.4, -0.2) is 14.5 Å². The minimum absolute atomic E-state index is 0.0792. The molecular weight excluding hydrogens is 194 g/mol. The van der Waals surface area contributed by atoms with Crippen molar-refractivity contribution in [3.05, 3.63) is 46.8 Å². The highest BCUT2D eigenvalue weighted by atomic mass is 16.6. The van der Waals surface area contributed by atoms with Crippen LogP contribution >= 0.6 is 0 Å². The maximum absolute atomic E-state index is 10.6. The highest BCUT2D eigenvalue weighted by molar-refractivity contribution is 5.59. The van der Waals surface area contributed by atoms with Gasteiger partial charge in [0.25, 0.3) is 5.69 Å². The van der Waals surface area contributed by atoms with E-state index in [4.69, 9.17) is 0 Å². The second-order valence-corrected chi connectivity index (χ2v) is 3.17. The van der Waals surface area contributed by atoms with Gasteiger partial charge in [-0.1, -0.05) is 12.1 Å². The molecule has 0 amide bonds. The molecule has 0 N–H and O–H groups in total. The van der Waals surface area contributed by atoms with Gasteiger partial charge in [0.15, 0.2) is 0 Å². The van der Waals surface area contributed by atoms with Gasteiger partial charge in [-0.05, 0) is 0 Å². The Labute approximate surface area is 86.1 Å². The van der Waals surface area contributed by atoms with Gasteiger partial charge in [0.05, 0.1) is 4.92 Å². The van der Waals surface area contributed by atoms with Crippen LogP contribution in [-0.2, 0) is 7.05 Å². The summed E-state index contributed by atoms with van der Waals surface area (Å²) in [4.78, 5) is 14.3. The molecule has 0 fully saturated rings. The maximum Gasteiger partial charge on any atom is 0.270 e. The first-order valence-corrected chi connectivity index (χ1v) is 4.40. The molecule has 2 rings (SSSR count). The van der Waals surface area contributed by atoms with Crippen LogP contribution in [0.25, 0.3) is 11.4 Å². The smallest absolute Gasteiger partial charge is 0.270 e. The van der Waals surface area contributed by atoms with E-state index in [0.717, 1.165) is 11.4 Å². The monoisotopic (exact) mass is 203 g/mol. The van der Waals surface area contributed by atoms with Crippen LogP contribution in [0.5, 0.6) is 0 Å². The lowest BCUT2D eigenvalue weighted by molar-refractivity contribution is -0.384. The minimum Gasteiger partial charge on any atom is -0.334 e. The molecule has 0 aliphatic heterocycles. The second kappa shape index (κ2) is 3.53. The number of imidazole rings is 1. The number of benzene rings is 1. The molecule has 0 aliphatic rings. The lowest BCUT2D eigenvalue weighted by Crippen LogP contribution is -1.93. The summed E-state index contributed by atoms with van der Waals surface area (Å²) in [6, 6.07) is 6.44. The number of non-ortho nitro benzene ring substituents is 1. The number of hydrogen-bond acceptors (Lipinski definition) is 3. The SMILES string of the molecule is Cn1ccnc1-c1cccc([N+](=O)[O-])c1. The normalized spacial score (nSPS) is 10.2. The van der Waals surface area contributed by atoms with E-state index >= 15 is 0 Å². The van der Waals surface area contributed by atoms with Gasteiger partial charge >= 0.3 is 0 Å². The van der Waals surface area contributed by atoms with Crippen LogP contribution in [0, 0.1) is 10.1 Å². The molecule has 0 saturated heterocycles. The molecule has 0 radical (unpaired) electrons. The molecule has 76 valence electrons. The molecule has 0 spiro atoms. The van der Waals surface area contributed by atoms with Crippen molar-refractivity contribution in [3.8, 4) is 11.4 Å². The first-order valence-electron chi connectivity index (χ1n) is 4.40. The second-order valence-electron chi connectivity index (χ2n) is 3.17. The lowest BCUT2D eigenvalue weighted by atomic mass is 10.2.